The number of rotatable bonds is 5. The standard InChI is InChI=1S/C16H16BrNO2/c17-14-8-4-7-13(9-14)11-20-16(19)15(18)10-12-5-2-1-3-6-12/h1-9,15H,10-11,18H2/t15-/m0/s1. The Morgan fingerprint density at radius 2 is 1.80 bits per heavy atom. The summed E-state index contributed by atoms with van der Waals surface area (Å²) in [4.78, 5) is 11.8. The molecule has 2 rings (SSSR count). The lowest BCUT2D eigenvalue weighted by atomic mass is 10.1. The van der Waals surface area contributed by atoms with Gasteiger partial charge < -0.3 is 10.5 Å². The van der Waals surface area contributed by atoms with Crippen molar-refractivity contribution in [3.63, 3.8) is 0 Å². The van der Waals surface area contributed by atoms with Gasteiger partial charge in [-0.05, 0) is 29.7 Å². The first-order valence-corrected chi connectivity index (χ1v) is 7.15. The second-order valence-corrected chi connectivity index (χ2v) is 5.45. The molecule has 0 amide bonds. The molecule has 4 heteroatoms. The highest BCUT2D eigenvalue weighted by molar-refractivity contribution is 9.10. The highest BCUT2D eigenvalue weighted by Crippen LogP contribution is 2.12. The molecular formula is C16H16BrNO2. The Labute approximate surface area is 126 Å². The average Bonchev–Trinajstić information content (AvgIpc) is 2.46. The summed E-state index contributed by atoms with van der Waals surface area (Å²) in [6, 6.07) is 16.7. The van der Waals surface area contributed by atoms with Crippen molar-refractivity contribution in [1.29, 1.82) is 0 Å². The molecule has 104 valence electrons. The van der Waals surface area contributed by atoms with Crippen LogP contribution in [-0.4, -0.2) is 12.0 Å². The van der Waals surface area contributed by atoms with Crippen molar-refractivity contribution >= 4 is 21.9 Å². The summed E-state index contributed by atoms with van der Waals surface area (Å²) in [5.41, 5.74) is 7.82. The quantitative estimate of drug-likeness (QED) is 0.855. The SMILES string of the molecule is N[C@@H](Cc1ccccc1)C(=O)OCc1cccc(Br)c1. The molecule has 0 aliphatic carbocycles. The first kappa shape index (κ1) is 14.8. The maximum absolute atomic E-state index is 11.8. The zero-order valence-corrected chi connectivity index (χ0v) is 12.5. The summed E-state index contributed by atoms with van der Waals surface area (Å²) in [5.74, 6) is -0.381. The number of carbonyl (C=O) groups is 1. The van der Waals surface area contributed by atoms with E-state index in [0.717, 1.165) is 15.6 Å². The van der Waals surface area contributed by atoms with E-state index in [9.17, 15) is 4.79 Å². The van der Waals surface area contributed by atoms with Gasteiger partial charge in [0.2, 0.25) is 0 Å². The Bertz CT molecular complexity index is 572. The monoisotopic (exact) mass is 333 g/mol. The summed E-state index contributed by atoms with van der Waals surface area (Å²) >= 11 is 3.38. The summed E-state index contributed by atoms with van der Waals surface area (Å²) in [5, 5.41) is 0. The van der Waals surface area contributed by atoms with Gasteiger partial charge in [0, 0.05) is 4.47 Å². The van der Waals surface area contributed by atoms with E-state index in [1.807, 2.05) is 54.6 Å². The maximum atomic E-state index is 11.8. The second kappa shape index (κ2) is 7.22. The van der Waals surface area contributed by atoms with Gasteiger partial charge in [0.1, 0.15) is 12.6 Å². The Balaban J connectivity index is 1.85. The largest absolute Gasteiger partial charge is 0.460 e. The predicted molar refractivity (Wildman–Crippen MR) is 82.1 cm³/mol. The van der Waals surface area contributed by atoms with Crippen molar-refractivity contribution < 1.29 is 9.53 Å². The van der Waals surface area contributed by atoms with Crippen molar-refractivity contribution in [2.24, 2.45) is 5.73 Å². The minimum atomic E-state index is -0.635. The number of benzene rings is 2. The molecule has 0 aliphatic heterocycles. The molecule has 0 radical (unpaired) electrons. The molecular weight excluding hydrogens is 318 g/mol. The van der Waals surface area contributed by atoms with Crippen LogP contribution in [0.5, 0.6) is 0 Å². The van der Waals surface area contributed by atoms with Crippen LogP contribution < -0.4 is 5.73 Å². The number of carbonyl (C=O) groups excluding carboxylic acids is 1. The average molecular weight is 334 g/mol. The Hall–Kier alpha value is -1.65. The lowest BCUT2D eigenvalue weighted by molar-refractivity contribution is -0.146. The molecule has 0 saturated carbocycles. The molecule has 1 atom stereocenters. The summed E-state index contributed by atoms with van der Waals surface area (Å²) < 4.78 is 6.19. The number of nitrogens with two attached hydrogens (primary N) is 1. The Morgan fingerprint density at radius 3 is 2.50 bits per heavy atom. The Morgan fingerprint density at radius 1 is 1.10 bits per heavy atom. The minimum absolute atomic E-state index is 0.237. The van der Waals surface area contributed by atoms with Crippen molar-refractivity contribution in [3.05, 3.63) is 70.2 Å². The van der Waals surface area contributed by atoms with Gasteiger partial charge in [-0.1, -0.05) is 58.4 Å². The number of esters is 1. The van der Waals surface area contributed by atoms with E-state index < -0.39 is 6.04 Å². The highest BCUT2D eigenvalue weighted by Gasteiger charge is 2.15. The van der Waals surface area contributed by atoms with Crippen molar-refractivity contribution in [3.8, 4) is 0 Å². The molecule has 0 fully saturated rings. The van der Waals surface area contributed by atoms with Crippen LogP contribution in [-0.2, 0) is 22.6 Å². The molecule has 20 heavy (non-hydrogen) atoms. The molecule has 0 unspecified atom stereocenters. The van der Waals surface area contributed by atoms with E-state index in [-0.39, 0.29) is 12.6 Å². The third-order valence-corrected chi connectivity index (χ3v) is 3.36. The molecule has 2 aromatic carbocycles. The molecule has 2 aromatic rings. The maximum Gasteiger partial charge on any atom is 0.323 e. The van der Waals surface area contributed by atoms with Crippen LogP contribution in [0.1, 0.15) is 11.1 Å². The molecule has 0 aliphatic rings. The smallest absolute Gasteiger partial charge is 0.323 e. The van der Waals surface area contributed by atoms with Crippen molar-refractivity contribution in [2.45, 2.75) is 19.1 Å². The van der Waals surface area contributed by atoms with Crippen LogP contribution in [0.15, 0.2) is 59.1 Å². The molecule has 0 spiro atoms. The van der Waals surface area contributed by atoms with Crippen LogP contribution in [0.25, 0.3) is 0 Å². The van der Waals surface area contributed by atoms with Gasteiger partial charge in [-0.15, -0.1) is 0 Å². The van der Waals surface area contributed by atoms with Gasteiger partial charge in [-0.3, -0.25) is 4.79 Å². The molecule has 0 saturated heterocycles. The van der Waals surface area contributed by atoms with Crippen LogP contribution in [0, 0.1) is 0 Å². The fourth-order valence-corrected chi connectivity index (χ4v) is 2.29. The van der Waals surface area contributed by atoms with Crippen LogP contribution >= 0.6 is 15.9 Å². The van der Waals surface area contributed by atoms with Gasteiger partial charge in [-0.2, -0.15) is 0 Å². The molecule has 3 nitrogen and oxygen atoms in total. The summed E-state index contributed by atoms with van der Waals surface area (Å²) in [6.45, 7) is 0.237. The van der Waals surface area contributed by atoms with E-state index in [4.69, 9.17) is 10.5 Å². The van der Waals surface area contributed by atoms with Gasteiger partial charge in [0.15, 0.2) is 0 Å². The fraction of sp³-hybridized carbons (Fsp3) is 0.188. The van der Waals surface area contributed by atoms with E-state index in [0.29, 0.717) is 6.42 Å². The first-order valence-electron chi connectivity index (χ1n) is 6.36. The molecule has 2 N–H and O–H groups in total. The topological polar surface area (TPSA) is 52.3 Å². The third-order valence-electron chi connectivity index (χ3n) is 2.87. The van der Waals surface area contributed by atoms with Gasteiger partial charge in [0.25, 0.3) is 0 Å². The van der Waals surface area contributed by atoms with Gasteiger partial charge in [0.05, 0.1) is 0 Å². The fourth-order valence-electron chi connectivity index (χ4n) is 1.84. The van der Waals surface area contributed by atoms with Crippen LogP contribution in [0.2, 0.25) is 0 Å². The third kappa shape index (κ3) is 4.47. The zero-order valence-electron chi connectivity index (χ0n) is 11.0. The Kier molecular flexibility index (Phi) is 5.32. The lowest BCUT2D eigenvalue weighted by Crippen LogP contribution is -2.34. The lowest BCUT2D eigenvalue weighted by Gasteiger charge is -2.11. The van der Waals surface area contributed by atoms with Crippen LogP contribution in [0.4, 0.5) is 0 Å². The number of hydrogen-bond donors (Lipinski definition) is 1. The molecule has 0 aromatic heterocycles. The zero-order chi connectivity index (χ0) is 14.4. The first-order chi connectivity index (χ1) is 9.65. The van der Waals surface area contributed by atoms with Gasteiger partial charge >= 0.3 is 5.97 Å². The second-order valence-electron chi connectivity index (χ2n) is 4.53. The van der Waals surface area contributed by atoms with Gasteiger partial charge in [-0.25, -0.2) is 0 Å². The normalized spacial score (nSPS) is 11.9. The van der Waals surface area contributed by atoms with E-state index in [1.54, 1.807) is 0 Å². The summed E-state index contributed by atoms with van der Waals surface area (Å²) in [6.07, 6.45) is 0.484. The number of halogens is 1. The van der Waals surface area contributed by atoms with Crippen molar-refractivity contribution in [2.75, 3.05) is 0 Å². The number of ether oxygens (including phenoxy) is 1. The van der Waals surface area contributed by atoms with Crippen LogP contribution in [0.3, 0.4) is 0 Å². The van der Waals surface area contributed by atoms with E-state index in [1.165, 1.54) is 0 Å². The predicted octanol–water partition coefficient (Wildman–Crippen LogP) is 3.06. The number of hydrogen-bond acceptors (Lipinski definition) is 3. The highest BCUT2D eigenvalue weighted by atomic mass is 79.9. The van der Waals surface area contributed by atoms with E-state index in [2.05, 4.69) is 15.9 Å². The van der Waals surface area contributed by atoms with E-state index >= 15 is 0 Å². The minimum Gasteiger partial charge on any atom is -0.460 e. The molecule has 0 bridgehead atoms. The molecule has 0 heterocycles. The summed E-state index contributed by atoms with van der Waals surface area (Å²) in [7, 11) is 0. The van der Waals surface area contributed by atoms with Crippen molar-refractivity contribution in [1.82, 2.24) is 0 Å².